The van der Waals surface area contributed by atoms with E-state index >= 15 is 0 Å². The number of isothiocyanates is 1. The van der Waals surface area contributed by atoms with Gasteiger partial charge in [-0.3, -0.25) is 4.79 Å². The van der Waals surface area contributed by atoms with E-state index in [1.165, 1.54) is 5.56 Å². The lowest BCUT2D eigenvalue weighted by Crippen LogP contribution is -2.52. The molecule has 1 aliphatic heterocycles. The van der Waals surface area contributed by atoms with E-state index in [1.54, 1.807) is 0 Å². The maximum absolute atomic E-state index is 12.7. The number of piperidine rings is 1. The topological polar surface area (TPSA) is 35.9 Å². The van der Waals surface area contributed by atoms with Crippen molar-refractivity contribution in [1.29, 1.82) is 0 Å². The highest BCUT2D eigenvalue weighted by molar-refractivity contribution is 7.78. The molecule has 1 saturated heterocycles. The number of carbonyl (C=O) groups excluding carboxylic acids is 1. The lowest BCUT2D eigenvalue weighted by atomic mass is 9.91. The molecule has 0 radical (unpaired) electrons. The second-order valence-electron chi connectivity index (χ2n) is 7.71. The van der Waals surface area contributed by atoms with Crippen LogP contribution in [0.5, 0.6) is 0 Å². The first kappa shape index (κ1) is 21.4. The van der Waals surface area contributed by atoms with Crippen LogP contribution in [0.1, 0.15) is 32.3 Å². The summed E-state index contributed by atoms with van der Waals surface area (Å²) in [5.41, 5.74) is 3.17. The molecule has 0 bridgehead atoms. The predicted molar refractivity (Wildman–Crippen MR) is 123 cm³/mol. The Morgan fingerprint density at radius 3 is 2.55 bits per heavy atom. The van der Waals surface area contributed by atoms with Gasteiger partial charge < -0.3 is 9.80 Å². The first-order chi connectivity index (χ1) is 14.1. The largest absolute Gasteiger partial charge is 0.309 e. The Morgan fingerprint density at radius 1 is 1.21 bits per heavy atom. The van der Waals surface area contributed by atoms with Crippen LogP contribution in [-0.2, 0) is 11.2 Å². The van der Waals surface area contributed by atoms with Crippen molar-refractivity contribution in [3.63, 3.8) is 0 Å². The highest BCUT2D eigenvalue weighted by Gasteiger charge is 2.33. The zero-order valence-corrected chi connectivity index (χ0v) is 18.1. The minimum Gasteiger partial charge on any atom is -0.309 e. The Labute approximate surface area is 179 Å². The van der Waals surface area contributed by atoms with Gasteiger partial charge in [-0.1, -0.05) is 44.2 Å². The van der Waals surface area contributed by atoms with E-state index in [4.69, 9.17) is 0 Å². The highest BCUT2D eigenvalue weighted by atomic mass is 32.1. The van der Waals surface area contributed by atoms with E-state index in [9.17, 15) is 4.79 Å². The van der Waals surface area contributed by atoms with Crippen molar-refractivity contribution >= 4 is 34.7 Å². The number of para-hydroxylation sites is 1. The third-order valence-corrected chi connectivity index (χ3v) is 5.80. The molecule has 0 unspecified atom stereocenters. The molecule has 0 N–H and O–H groups in total. The average Bonchev–Trinajstić information content (AvgIpc) is 2.75. The van der Waals surface area contributed by atoms with Crippen LogP contribution in [0, 0.1) is 5.92 Å². The molecule has 4 nitrogen and oxygen atoms in total. The predicted octanol–water partition coefficient (Wildman–Crippen LogP) is 5.12. The van der Waals surface area contributed by atoms with Gasteiger partial charge in [-0.15, -0.1) is 0 Å². The first-order valence-electron chi connectivity index (χ1n) is 10.4. The lowest BCUT2D eigenvalue weighted by molar-refractivity contribution is -0.119. The van der Waals surface area contributed by atoms with Crippen molar-refractivity contribution in [2.75, 3.05) is 24.5 Å². The van der Waals surface area contributed by atoms with Crippen molar-refractivity contribution in [3.8, 4) is 0 Å². The average molecular weight is 408 g/mol. The number of rotatable bonds is 7. The van der Waals surface area contributed by atoms with E-state index in [0.29, 0.717) is 12.3 Å². The molecule has 2 atom stereocenters. The standard InChI is InChI=1S/C24H29N3OS/c1-3-24(28)27(22-7-5-4-6-8-22)23-14-16-26(17-19(23)2)15-13-20-9-11-21(12-10-20)25-18-29/h4-12,19,23H,3,13-17H2,1-2H3/t19-,23+/m0/s1. The molecular formula is C24H29N3OS. The van der Waals surface area contributed by atoms with Gasteiger partial charge in [-0.25, -0.2) is 0 Å². The first-order valence-corrected chi connectivity index (χ1v) is 10.8. The van der Waals surface area contributed by atoms with Gasteiger partial charge in [0.05, 0.1) is 10.8 Å². The van der Waals surface area contributed by atoms with Crippen molar-refractivity contribution in [3.05, 3.63) is 60.2 Å². The van der Waals surface area contributed by atoms with Crippen LogP contribution >= 0.6 is 12.2 Å². The molecule has 1 fully saturated rings. The van der Waals surface area contributed by atoms with Gasteiger partial charge in [0.1, 0.15) is 0 Å². The quantitative estimate of drug-likeness (QED) is 0.472. The van der Waals surface area contributed by atoms with Gasteiger partial charge in [-0.2, -0.15) is 4.99 Å². The number of hydrogen-bond acceptors (Lipinski definition) is 4. The van der Waals surface area contributed by atoms with Gasteiger partial charge >= 0.3 is 0 Å². The number of likely N-dealkylation sites (tertiary alicyclic amines) is 1. The molecule has 152 valence electrons. The number of amides is 1. The van der Waals surface area contributed by atoms with Crippen LogP contribution in [0.4, 0.5) is 11.4 Å². The van der Waals surface area contributed by atoms with Crippen LogP contribution in [0.15, 0.2) is 59.6 Å². The van der Waals surface area contributed by atoms with Gasteiger partial charge in [-0.05, 0) is 60.8 Å². The molecule has 3 rings (SSSR count). The van der Waals surface area contributed by atoms with Crippen LogP contribution in [0.2, 0.25) is 0 Å². The number of nitrogens with zero attached hydrogens (tertiary/aromatic N) is 3. The van der Waals surface area contributed by atoms with E-state index < -0.39 is 0 Å². The monoisotopic (exact) mass is 407 g/mol. The van der Waals surface area contributed by atoms with Crippen molar-refractivity contribution < 1.29 is 4.79 Å². The van der Waals surface area contributed by atoms with Gasteiger partial charge in [0.15, 0.2) is 0 Å². The van der Waals surface area contributed by atoms with E-state index in [2.05, 4.69) is 46.3 Å². The molecule has 0 aliphatic carbocycles. The van der Waals surface area contributed by atoms with Crippen LogP contribution in [-0.4, -0.2) is 41.6 Å². The fourth-order valence-electron chi connectivity index (χ4n) is 4.16. The minimum absolute atomic E-state index is 0.209. The zero-order chi connectivity index (χ0) is 20.6. The third-order valence-electron chi connectivity index (χ3n) is 5.71. The maximum atomic E-state index is 12.7. The van der Waals surface area contributed by atoms with Gasteiger partial charge in [0.2, 0.25) is 5.91 Å². The highest BCUT2D eigenvalue weighted by Crippen LogP contribution is 2.28. The van der Waals surface area contributed by atoms with E-state index in [0.717, 1.165) is 43.9 Å². The summed E-state index contributed by atoms with van der Waals surface area (Å²) in [7, 11) is 0. The van der Waals surface area contributed by atoms with E-state index in [-0.39, 0.29) is 11.9 Å². The minimum atomic E-state index is 0.209. The summed E-state index contributed by atoms with van der Waals surface area (Å²) >= 11 is 4.65. The number of thiocarbonyl (C=S) groups is 1. The van der Waals surface area contributed by atoms with Crippen LogP contribution in [0.3, 0.4) is 0 Å². The van der Waals surface area contributed by atoms with Crippen LogP contribution in [0.25, 0.3) is 0 Å². The van der Waals surface area contributed by atoms with Crippen molar-refractivity contribution in [2.24, 2.45) is 10.9 Å². The van der Waals surface area contributed by atoms with Crippen LogP contribution < -0.4 is 4.90 Å². The van der Waals surface area contributed by atoms with Gasteiger partial charge in [0, 0.05) is 37.8 Å². The Kier molecular flexibility index (Phi) is 7.70. The molecule has 2 aromatic rings. The smallest absolute Gasteiger partial charge is 0.226 e. The summed E-state index contributed by atoms with van der Waals surface area (Å²) in [6.07, 6.45) is 2.55. The number of anilines is 1. The zero-order valence-electron chi connectivity index (χ0n) is 17.3. The summed E-state index contributed by atoms with van der Waals surface area (Å²) in [6.45, 7) is 7.27. The van der Waals surface area contributed by atoms with E-state index in [1.807, 2.05) is 54.3 Å². The summed E-state index contributed by atoms with van der Waals surface area (Å²) in [4.78, 5) is 21.3. The maximum Gasteiger partial charge on any atom is 0.226 e. The molecule has 0 aromatic heterocycles. The Hall–Kier alpha value is -2.33. The number of hydrogen-bond donors (Lipinski definition) is 0. The molecule has 29 heavy (non-hydrogen) atoms. The molecule has 1 heterocycles. The molecule has 0 spiro atoms. The lowest BCUT2D eigenvalue weighted by Gasteiger charge is -2.42. The second-order valence-corrected chi connectivity index (χ2v) is 7.89. The molecular weight excluding hydrogens is 378 g/mol. The Morgan fingerprint density at radius 2 is 1.93 bits per heavy atom. The Balaban J connectivity index is 1.60. The molecule has 5 heteroatoms. The number of aliphatic imine (C=N–C) groups is 1. The number of carbonyl (C=O) groups is 1. The molecule has 2 aromatic carbocycles. The number of benzene rings is 2. The molecule has 1 aliphatic rings. The normalized spacial score (nSPS) is 19.4. The molecule has 0 saturated carbocycles. The third kappa shape index (κ3) is 5.60. The summed E-state index contributed by atoms with van der Waals surface area (Å²) in [6, 6.07) is 18.6. The Bertz CT molecular complexity index is 846. The van der Waals surface area contributed by atoms with Gasteiger partial charge in [0.25, 0.3) is 0 Å². The molecule has 1 amide bonds. The van der Waals surface area contributed by atoms with Crippen molar-refractivity contribution in [2.45, 2.75) is 39.2 Å². The SMILES string of the molecule is CCC(=O)N(c1ccccc1)[C@@H]1CCN(CCc2ccc(N=C=S)cc2)C[C@@H]1C. The summed E-state index contributed by atoms with van der Waals surface area (Å²) < 4.78 is 0. The van der Waals surface area contributed by atoms with Crippen molar-refractivity contribution in [1.82, 2.24) is 4.90 Å². The summed E-state index contributed by atoms with van der Waals surface area (Å²) in [5, 5.41) is 2.40. The fourth-order valence-corrected chi connectivity index (χ4v) is 4.27. The summed E-state index contributed by atoms with van der Waals surface area (Å²) in [5.74, 6) is 0.638. The fraction of sp³-hybridized carbons (Fsp3) is 0.417. The second kappa shape index (κ2) is 10.4.